The highest BCUT2D eigenvalue weighted by Crippen LogP contribution is 2.24. The number of nitrogens with two attached hydrogens (primary N) is 1. The molecule has 1 aliphatic heterocycles. The van der Waals surface area contributed by atoms with Crippen molar-refractivity contribution in [3.8, 4) is 11.8 Å². The van der Waals surface area contributed by atoms with Crippen molar-refractivity contribution in [3.05, 3.63) is 77.1 Å². The molecule has 0 radical (unpaired) electrons. The Bertz CT molecular complexity index is 1560. The van der Waals surface area contributed by atoms with Crippen LogP contribution in [0.1, 0.15) is 54.1 Å². The third-order valence-corrected chi connectivity index (χ3v) is 8.07. The number of nitrogens with one attached hydrogen (secondary N) is 1. The van der Waals surface area contributed by atoms with Gasteiger partial charge in [0.1, 0.15) is 11.6 Å². The Hall–Kier alpha value is -4.17. The van der Waals surface area contributed by atoms with Gasteiger partial charge in [-0.15, -0.1) is 0 Å². The number of likely N-dealkylation sites (tertiary alicyclic amines) is 1. The third-order valence-electron chi connectivity index (χ3n) is 7.21. The highest BCUT2D eigenvalue weighted by atomic mass is 32.2. The summed E-state index contributed by atoms with van der Waals surface area (Å²) >= 11 is 0. The molecule has 1 saturated heterocycles. The summed E-state index contributed by atoms with van der Waals surface area (Å²) in [6, 6.07) is 7.75. The van der Waals surface area contributed by atoms with Gasteiger partial charge in [0.05, 0.1) is 17.0 Å². The number of primary amides is 1. The Morgan fingerprint density at radius 3 is 2.23 bits per heavy atom. The van der Waals surface area contributed by atoms with Gasteiger partial charge in [0, 0.05) is 69.1 Å². The number of piperidine rings is 1. The molecule has 0 unspecified atom stereocenters. The maximum Gasteiger partial charge on any atom is 0.322 e. The van der Waals surface area contributed by atoms with Gasteiger partial charge in [-0.25, -0.2) is 32.0 Å². The van der Waals surface area contributed by atoms with Crippen LogP contribution in [0.15, 0.2) is 48.8 Å². The number of ether oxygens (including phenoxy) is 1. The summed E-state index contributed by atoms with van der Waals surface area (Å²) in [6.07, 6.45) is 7.36. The van der Waals surface area contributed by atoms with Crippen molar-refractivity contribution in [3.63, 3.8) is 0 Å². The summed E-state index contributed by atoms with van der Waals surface area (Å²) in [7, 11) is -3.15. The fourth-order valence-electron chi connectivity index (χ4n) is 4.98. The van der Waals surface area contributed by atoms with Crippen molar-refractivity contribution in [2.45, 2.75) is 50.9 Å². The van der Waals surface area contributed by atoms with Crippen LogP contribution in [0, 0.1) is 11.6 Å². The van der Waals surface area contributed by atoms with Crippen molar-refractivity contribution >= 4 is 27.5 Å². The molecular weight excluding hydrogens is 594 g/mol. The van der Waals surface area contributed by atoms with Crippen LogP contribution in [0.4, 0.5) is 19.3 Å². The SMILES string of the molecule is CCCCN(C(=O)Nc1cc(C(N)=O)c(F)cc1F)C1CCN(Cc2ccc(Oc3ccc(CS(C)(=O)=O)cn3)nc2)CC1. The van der Waals surface area contributed by atoms with Crippen molar-refractivity contribution in [2.24, 2.45) is 5.73 Å². The highest BCUT2D eigenvalue weighted by molar-refractivity contribution is 7.89. The molecule has 0 atom stereocenters. The molecule has 1 fully saturated rings. The highest BCUT2D eigenvalue weighted by Gasteiger charge is 2.28. The number of amides is 3. The van der Waals surface area contributed by atoms with Crippen LogP contribution in [0.25, 0.3) is 0 Å². The van der Waals surface area contributed by atoms with E-state index in [-0.39, 0.29) is 17.5 Å². The zero-order valence-electron chi connectivity index (χ0n) is 24.6. The average Bonchev–Trinajstić information content (AvgIpc) is 2.96. The topological polar surface area (TPSA) is 148 Å². The maximum absolute atomic E-state index is 14.4. The van der Waals surface area contributed by atoms with Gasteiger partial charge in [0.15, 0.2) is 9.84 Å². The van der Waals surface area contributed by atoms with Gasteiger partial charge < -0.3 is 20.7 Å². The Balaban J connectivity index is 1.31. The molecule has 3 aromatic rings. The predicted molar refractivity (Wildman–Crippen MR) is 161 cm³/mol. The Labute approximate surface area is 255 Å². The second kappa shape index (κ2) is 14.5. The largest absolute Gasteiger partial charge is 0.421 e. The lowest BCUT2D eigenvalue weighted by molar-refractivity contribution is 0.0996. The number of nitrogens with zero attached hydrogens (tertiary/aromatic N) is 4. The van der Waals surface area contributed by atoms with E-state index in [0.29, 0.717) is 49.3 Å². The number of hydrogen-bond donors (Lipinski definition) is 2. The number of pyridine rings is 2. The summed E-state index contributed by atoms with van der Waals surface area (Å²) < 4.78 is 56.9. The molecule has 3 N–H and O–H groups in total. The lowest BCUT2D eigenvalue weighted by Crippen LogP contribution is -2.49. The lowest BCUT2D eigenvalue weighted by Gasteiger charge is -2.38. The minimum absolute atomic E-state index is 0.0813. The molecule has 11 nitrogen and oxygen atoms in total. The molecule has 236 valence electrons. The second-order valence-corrected chi connectivity index (χ2v) is 13.0. The first-order valence-corrected chi connectivity index (χ1v) is 16.3. The standard InChI is InChI=1S/C30H36F2N6O5S/c1-3-4-11-38(30(40)36-26-14-23(29(33)39)24(31)15-25(26)32)22-9-12-37(13-10-22)18-20-5-7-27(34-16-20)43-28-8-6-21(17-35-28)19-44(2,41)42/h5-8,14-17,22H,3-4,9-13,18-19H2,1-2H3,(H2,33,39)(H,36,40). The van der Waals surface area contributed by atoms with E-state index >= 15 is 0 Å². The molecule has 1 aromatic carbocycles. The Morgan fingerprint density at radius 2 is 1.68 bits per heavy atom. The molecule has 3 heterocycles. The molecule has 0 saturated carbocycles. The van der Waals surface area contributed by atoms with E-state index < -0.39 is 39.0 Å². The maximum atomic E-state index is 14.4. The lowest BCUT2D eigenvalue weighted by atomic mass is 10.0. The van der Waals surface area contributed by atoms with Crippen LogP contribution in [-0.4, -0.2) is 72.1 Å². The molecular formula is C30H36F2N6O5S. The van der Waals surface area contributed by atoms with Crippen molar-refractivity contribution in [1.29, 1.82) is 0 Å². The first-order valence-electron chi connectivity index (χ1n) is 14.3. The zero-order valence-corrected chi connectivity index (χ0v) is 25.4. The number of sulfone groups is 1. The number of urea groups is 1. The van der Waals surface area contributed by atoms with E-state index in [0.717, 1.165) is 43.8 Å². The summed E-state index contributed by atoms with van der Waals surface area (Å²) in [4.78, 5) is 37.2. The summed E-state index contributed by atoms with van der Waals surface area (Å²) in [6.45, 7) is 4.57. The number of carbonyl (C=O) groups excluding carboxylic acids is 2. The van der Waals surface area contributed by atoms with Crippen LogP contribution in [0.2, 0.25) is 0 Å². The smallest absolute Gasteiger partial charge is 0.322 e. The van der Waals surface area contributed by atoms with Crippen LogP contribution >= 0.6 is 0 Å². The summed E-state index contributed by atoms with van der Waals surface area (Å²) in [5, 5.41) is 2.50. The van der Waals surface area contributed by atoms with E-state index in [2.05, 4.69) is 20.2 Å². The number of unbranched alkanes of at least 4 members (excludes halogenated alkanes) is 1. The first-order chi connectivity index (χ1) is 20.9. The Morgan fingerprint density at radius 1 is 1.05 bits per heavy atom. The molecule has 1 aliphatic rings. The number of anilines is 1. The molecule has 0 bridgehead atoms. The van der Waals surface area contributed by atoms with Crippen LogP contribution in [-0.2, 0) is 22.1 Å². The van der Waals surface area contributed by atoms with Gasteiger partial charge in [-0.05, 0) is 36.5 Å². The number of benzene rings is 1. The molecule has 44 heavy (non-hydrogen) atoms. The molecule has 4 rings (SSSR count). The second-order valence-electron chi connectivity index (χ2n) is 10.8. The van der Waals surface area contributed by atoms with Crippen molar-refractivity contribution in [2.75, 3.05) is 31.2 Å². The van der Waals surface area contributed by atoms with Crippen molar-refractivity contribution < 1.29 is 31.5 Å². The first kappa shape index (κ1) is 32.7. The number of carbonyl (C=O) groups is 2. The fraction of sp³-hybridized carbons (Fsp3) is 0.400. The van der Waals surface area contributed by atoms with E-state index in [1.54, 1.807) is 29.3 Å². The monoisotopic (exact) mass is 630 g/mol. The third kappa shape index (κ3) is 9.16. The van der Waals surface area contributed by atoms with Gasteiger partial charge >= 0.3 is 6.03 Å². The number of halogens is 2. The molecule has 14 heteroatoms. The normalized spacial score (nSPS) is 14.3. The van der Waals surface area contributed by atoms with Gasteiger partial charge in [-0.1, -0.05) is 25.5 Å². The van der Waals surface area contributed by atoms with E-state index in [1.807, 2.05) is 13.0 Å². The van der Waals surface area contributed by atoms with Gasteiger partial charge in [-0.3, -0.25) is 9.69 Å². The molecule has 0 spiro atoms. The molecule has 0 aliphatic carbocycles. The van der Waals surface area contributed by atoms with E-state index in [1.165, 1.54) is 6.20 Å². The van der Waals surface area contributed by atoms with Gasteiger partial charge in [0.25, 0.3) is 5.91 Å². The van der Waals surface area contributed by atoms with Crippen LogP contribution in [0.3, 0.4) is 0 Å². The van der Waals surface area contributed by atoms with Gasteiger partial charge in [-0.2, -0.15) is 0 Å². The minimum atomic E-state index is -3.15. The van der Waals surface area contributed by atoms with Crippen molar-refractivity contribution in [1.82, 2.24) is 19.8 Å². The zero-order chi connectivity index (χ0) is 31.9. The average molecular weight is 631 g/mol. The molecule has 2 aromatic heterocycles. The summed E-state index contributed by atoms with van der Waals surface area (Å²) in [5.74, 6) is -2.57. The predicted octanol–water partition coefficient (Wildman–Crippen LogP) is 4.49. The fourth-order valence-corrected chi connectivity index (χ4v) is 5.75. The Kier molecular flexibility index (Phi) is 10.8. The van der Waals surface area contributed by atoms with Gasteiger partial charge in [0.2, 0.25) is 11.8 Å². The van der Waals surface area contributed by atoms with E-state index in [4.69, 9.17) is 10.5 Å². The van der Waals surface area contributed by atoms with Crippen LogP contribution < -0.4 is 15.8 Å². The number of rotatable bonds is 12. The number of aromatic nitrogens is 2. The quantitative estimate of drug-likeness (QED) is 0.298. The van der Waals surface area contributed by atoms with E-state index in [9.17, 15) is 26.8 Å². The minimum Gasteiger partial charge on any atom is -0.421 e. The number of hydrogen-bond acceptors (Lipinski definition) is 8. The molecule has 3 amide bonds. The summed E-state index contributed by atoms with van der Waals surface area (Å²) in [5.41, 5.74) is 5.92. The van der Waals surface area contributed by atoms with Crippen LogP contribution in [0.5, 0.6) is 11.8 Å².